The predicted molar refractivity (Wildman–Crippen MR) is 56.5 cm³/mol. The van der Waals surface area contributed by atoms with Gasteiger partial charge in [0, 0.05) is 0 Å². The Kier molecular flexibility index (Phi) is 3.69. The lowest BCUT2D eigenvalue weighted by Crippen LogP contribution is -2.24. The zero-order chi connectivity index (χ0) is 10.6. The molecule has 0 aliphatic heterocycles. The highest BCUT2D eigenvalue weighted by molar-refractivity contribution is 5.57. The molecule has 76 valence electrons. The number of rotatable bonds is 4. The van der Waals surface area contributed by atoms with Crippen LogP contribution in [0.5, 0.6) is 5.75 Å². The largest absolute Gasteiger partial charge is 0.483 e. The minimum atomic E-state index is -0.350. The Hall–Kier alpha value is -1.31. The van der Waals surface area contributed by atoms with Crippen molar-refractivity contribution in [2.75, 3.05) is 0 Å². The molecule has 0 saturated carbocycles. The van der Waals surface area contributed by atoms with E-state index in [2.05, 4.69) is 0 Å². The lowest BCUT2D eigenvalue weighted by Gasteiger charge is -2.16. The van der Waals surface area contributed by atoms with Crippen LogP contribution in [0, 0.1) is 12.8 Å². The van der Waals surface area contributed by atoms with Crippen LogP contribution in [0.1, 0.15) is 19.4 Å². The minimum Gasteiger partial charge on any atom is -0.483 e. The van der Waals surface area contributed by atoms with Crippen LogP contribution in [-0.2, 0) is 4.79 Å². The molecule has 1 rings (SSSR count). The lowest BCUT2D eigenvalue weighted by atomic mass is 10.1. The van der Waals surface area contributed by atoms with Crippen molar-refractivity contribution in [3.05, 3.63) is 29.8 Å². The van der Waals surface area contributed by atoms with Gasteiger partial charge in [0.25, 0.3) is 0 Å². The number of carbonyl (C=O) groups is 1. The van der Waals surface area contributed by atoms with E-state index in [9.17, 15) is 4.79 Å². The summed E-state index contributed by atoms with van der Waals surface area (Å²) in [4.78, 5) is 10.7. The van der Waals surface area contributed by atoms with Crippen molar-refractivity contribution in [3.63, 3.8) is 0 Å². The maximum atomic E-state index is 10.7. The van der Waals surface area contributed by atoms with Crippen molar-refractivity contribution >= 4 is 6.29 Å². The second-order valence-corrected chi connectivity index (χ2v) is 3.78. The van der Waals surface area contributed by atoms with Crippen molar-refractivity contribution in [3.8, 4) is 5.75 Å². The van der Waals surface area contributed by atoms with Gasteiger partial charge in [-0.15, -0.1) is 0 Å². The summed E-state index contributed by atoms with van der Waals surface area (Å²) in [5.74, 6) is 0.962. The van der Waals surface area contributed by atoms with Crippen molar-refractivity contribution in [1.82, 2.24) is 0 Å². The van der Waals surface area contributed by atoms with E-state index in [4.69, 9.17) is 4.74 Å². The summed E-state index contributed by atoms with van der Waals surface area (Å²) in [6.07, 6.45) is 0.504. The van der Waals surface area contributed by atoms with Gasteiger partial charge >= 0.3 is 0 Å². The summed E-state index contributed by atoms with van der Waals surface area (Å²) in [6, 6.07) is 7.72. The molecule has 0 aliphatic rings. The third-order valence-electron chi connectivity index (χ3n) is 2.05. The van der Waals surface area contributed by atoms with E-state index in [1.807, 2.05) is 45.0 Å². The Morgan fingerprint density at radius 3 is 2.57 bits per heavy atom. The smallest absolute Gasteiger partial charge is 0.160 e. The fourth-order valence-electron chi connectivity index (χ4n) is 1.17. The summed E-state index contributed by atoms with van der Waals surface area (Å²) >= 11 is 0. The molecule has 1 aromatic rings. The molecule has 0 unspecified atom stereocenters. The van der Waals surface area contributed by atoms with Gasteiger partial charge in [0.1, 0.15) is 5.75 Å². The SMILES string of the molecule is Cc1cccc(O[C@@H](C=O)C(C)C)c1. The number of hydrogen-bond acceptors (Lipinski definition) is 2. The number of hydrogen-bond donors (Lipinski definition) is 0. The standard InChI is InChI=1S/C12H16O2/c1-9(2)12(8-13)14-11-6-4-5-10(3)7-11/h4-9,12H,1-3H3/t12-/m0/s1. The summed E-state index contributed by atoms with van der Waals surface area (Å²) < 4.78 is 5.54. The molecular formula is C12H16O2. The molecule has 0 aliphatic carbocycles. The molecule has 2 heteroatoms. The van der Waals surface area contributed by atoms with E-state index < -0.39 is 0 Å². The van der Waals surface area contributed by atoms with Gasteiger partial charge in [-0.1, -0.05) is 26.0 Å². The summed E-state index contributed by atoms with van der Waals surface area (Å²) in [5.41, 5.74) is 1.14. The van der Waals surface area contributed by atoms with Crippen molar-refractivity contribution in [2.24, 2.45) is 5.92 Å². The molecule has 1 atom stereocenters. The fourth-order valence-corrected chi connectivity index (χ4v) is 1.17. The quantitative estimate of drug-likeness (QED) is 0.685. The maximum Gasteiger partial charge on any atom is 0.160 e. The second-order valence-electron chi connectivity index (χ2n) is 3.78. The topological polar surface area (TPSA) is 26.3 Å². The molecule has 14 heavy (non-hydrogen) atoms. The molecular weight excluding hydrogens is 176 g/mol. The molecule has 0 spiro atoms. The van der Waals surface area contributed by atoms with E-state index >= 15 is 0 Å². The number of ether oxygens (including phenoxy) is 1. The highest BCUT2D eigenvalue weighted by Crippen LogP contribution is 2.16. The third kappa shape index (κ3) is 2.87. The first-order chi connectivity index (χ1) is 6.63. The zero-order valence-corrected chi connectivity index (χ0v) is 8.86. The minimum absolute atomic E-state index is 0.202. The lowest BCUT2D eigenvalue weighted by molar-refractivity contribution is -0.115. The van der Waals surface area contributed by atoms with Crippen LogP contribution in [0.2, 0.25) is 0 Å². The van der Waals surface area contributed by atoms with Gasteiger partial charge in [-0.25, -0.2) is 0 Å². The Bertz CT molecular complexity index is 305. The first kappa shape index (κ1) is 10.8. The average molecular weight is 192 g/mol. The highest BCUT2D eigenvalue weighted by Gasteiger charge is 2.13. The van der Waals surface area contributed by atoms with Gasteiger partial charge in [0.05, 0.1) is 0 Å². The van der Waals surface area contributed by atoms with Gasteiger partial charge in [-0.2, -0.15) is 0 Å². The molecule has 0 aromatic heterocycles. The summed E-state index contributed by atoms with van der Waals surface area (Å²) in [7, 11) is 0. The first-order valence-electron chi connectivity index (χ1n) is 4.82. The van der Waals surface area contributed by atoms with Crippen molar-refractivity contribution in [1.29, 1.82) is 0 Å². The van der Waals surface area contributed by atoms with Gasteiger partial charge in [-0.05, 0) is 30.5 Å². The van der Waals surface area contributed by atoms with Crippen LogP contribution in [0.25, 0.3) is 0 Å². The molecule has 0 saturated heterocycles. The van der Waals surface area contributed by atoms with Crippen molar-refractivity contribution in [2.45, 2.75) is 26.9 Å². The molecule has 0 bridgehead atoms. The van der Waals surface area contributed by atoms with Gasteiger partial charge in [0.2, 0.25) is 0 Å². The summed E-state index contributed by atoms with van der Waals surface area (Å²) in [5, 5.41) is 0. The fraction of sp³-hybridized carbons (Fsp3) is 0.417. The van der Waals surface area contributed by atoms with E-state index in [1.165, 1.54) is 0 Å². The Morgan fingerprint density at radius 2 is 2.07 bits per heavy atom. The highest BCUT2D eigenvalue weighted by atomic mass is 16.5. The molecule has 0 amide bonds. The van der Waals surface area contributed by atoms with E-state index in [0.29, 0.717) is 0 Å². The molecule has 1 aromatic carbocycles. The Balaban J connectivity index is 2.72. The van der Waals surface area contributed by atoms with Crippen molar-refractivity contribution < 1.29 is 9.53 Å². The van der Waals surface area contributed by atoms with Gasteiger partial charge in [-0.3, -0.25) is 4.79 Å². The molecule has 0 radical (unpaired) electrons. The number of carbonyl (C=O) groups excluding carboxylic acids is 1. The molecule has 0 fully saturated rings. The van der Waals surface area contributed by atoms with Crippen LogP contribution < -0.4 is 4.74 Å². The summed E-state index contributed by atoms with van der Waals surface area (Å²) in [6.45, 7) is 5.93. The Labute approximate surface area is 84.9 Å². The van der Waals surface area contributed by atoms with E-state index in [-0.39, 0.29) is 12.0 Å². The molecule has 2 nitrogen and oxygen atoms in total. The van der Waals surface area contributed by atoms with Crippen LogP contribution >= 0.6 is 0 Å². The van der Waals surface area contributed by atoms with Gasteiger partial charge < -0.3 is 4.74 Å². The Morgan fingerprint density at radius 1 is 1.36 bits per heavy atom. The van der Waals surface area contributed by atoms with E-state index in [1.54, 1.807) is 0 Å². The van der Waals surface area contributed by atoms with Gasteiger partial charge in [0.15, 0.2) is 12.4 Å². The van der Waals surface area contributed by atoms with Crippen LogP contribution in [0.3, 0.4) is 0 Å². The normalized spacial score (nSPS) is 12.6. The molecule has 0 heterocycles. The van der Waals surface area contributed by atoms with E-state index in [0.717, 1.165) is 17.6 Å². The zero-order valence-electron chi connectivity index (χ0n) is 8.86. The second kappa shape index (κ2) is 4.80. The van der Waals surface area contributed by atoms with Crippen LogP contribution in [0.4, 0.5) is 0 Å². The number of aryl methyl sites for hydroxylation is 1. The number of benzene rings is 1. The molecule has 0 N–H and O–H groups in total. The van der Waals surface area contributed by atoms with Crippen LogP contribution in [-0.4, -0.2) is 12.4 Å². The number of aldehydes is 1. The third-order valence-corrected chi connectivity index (χ3v) is 2.05. The monoisotopic (exact) mass is 192 g/mol. The first-order valence-corrected chi connectivity index (χ1v) is 4.82. The average Bonchev–Trinajstić information content (AvgIpc) is 2.14. The van der Waals surface area contributed by atoms with Crippen LogP contribution in [0.15, 0.2) is 24.3 Å². The predicted octanol–water partition coefficient (Wildman–Crippen LogP) is 2.60. The maximum absolute atomic E-state index is 10.7.